The van der Waals surface area contributed by atoms with E-state index < -0.39 is 0 Å². The van der Waals surface area contributed by atoms with Crippen LogP contribution in [0.1, 0.15) is 33.5 Å². The maximum absolute atomic E-state index is 12.8. The van der Waals surface area contributed by atoms with E-state index in [0.29, 0.717) is 17.1 Å². The molecule has 3 nitrogen and oxygen atoms in total. The van der Waals surface area contributed by atoms with Crippen LogP contribution in [0, 0.1) is 6.92 Å². The quantitative estimate of drug-likeness (QED) is 0.796. The number of hydrogen-bond acceptors (Lipinski definition) is 3. The second-order valence-electron chi connectivity index (χ2n) is 5.78. The van der Waals surface area contributed by atoms with E-state index in [1.54, 1.807) is 20.3 Å². The Bertz CT molecular complexity index is 787. The van der Waals surface area contributed by atoms with Crippen molar-refractivity contribution >= 4 is 11.9 Å². The van der Waals surface area contributed by atoms with Crippen molar-refractivity contribution in [1.29, 1.82) is 0 Å². The first-order chi connectivity index (χ1) is 11.1. The third-order valence-electron chi connectivity index (χ3n) is 4.19. The number of carbonyl (C=O) groups is 1. The van der Waals surface area contributed by atoms with Crippen molar-refractivity contribution in [1.82, 2.24) is 0 Å². The largest absolute Gasteiger partial charge is 0.493 e. The lowest BCUT2D eigenvalue weighted by molar-refractivity contribution is 0.102. The Morgan fingerprint density at radius 2 is 1.74 bits per heavy atom. The summed E-state index contributed by atoms with van der Waals surface area (Å²) in [5, 5.41) is 0. The van der Waals surface area contributed by atoms with Gasteiger partial charge in [-0.2, -0.15) is 0 Å². The summed E-state index contributed by atoms with van der Waals surface area (Å²) in [5.74, 6) is 1.34. The topological polar surface area (TPSA) is 35.5 Å². The molecule has 0 radical (unpaired) electrons. The zero-order chi connectivity index (χ0) is 16.4. The number of Topliss-reactive ketones (excluding diaryl/α,β-unsaturated/α-hetero) is 1. The van der Waals surface area contributed by atoms with E-state index in [1.807, 2.05) is 24.3 Å². The van der Waals surface area contributed by atoms with E-state index in [-0.39, 0.29) is 5.78 Å². The molecule has 1 aliphatic rings. The average Bonchev–Trinajstić information content (AvgIpc) is 2.56. The molecule has 0 N–H and O–H groups in total. The minimum atomic E-state index is 0.0775. The van der Waals surface area contributed by atoms with E-state index in [4.69, 9.17) is 9.47 Å². The number of allylic oxidation sites excluding steroid dienone is 1. The van der Waals surface area contributed by atoms with Gasteiger partial charge in [0, 0.05) is 11.1 Å². The highest BCUT2D eigenvalue weighted by molar-refractivity contribution is 6.13. The maximum Gasteiger partial charge on any atom is 0.189 e. The maximum atomic E-state index is 12.8. The lowest BCUT2D eigenvalue weighted by atomic mass is 9.85. The second kappa shape index (κ2) is 6.29. The van der Waals surface area contributed by atoms with Crippen molar-refractivity contribution in [2.45, 2.75) is 19.8 Å². The summed E-state index contributed by atoms with van der Waals surface area (Å²) in [6.45, 7) is 2.05. The molecule has 3 heteroatoms. The SMILES string of the molecule is COc1cc2c(cc1OC)C(=O)/C(=C/c1cccc(C)c1)CC2. The smallest absolute Gasteiger partial charge is 0.189 e. The highest BCUT2D eigenvalue weighted by atomic mass is 16.5. The van der Waals surface area contributed by atoms with Crippen molar-refractivity contribution in [2.24, 2.45) is 0 Å². The zero-order valence-electron chi connectivity index (χ0n) is 13.7. The van der Waals surface area contributed by atoms with Gasteiger partial charge in [0.1, 0.15) is 0 Å². The van der Waals surface area contributed by atoms with Gasteiger partial charge in [-0.1, -0.05) is 29.8 Å². The van der Waals surface area contributed by atoms with Crippen LogP contribution in [-0.4, -0.2) is 20.0 Å². The fourth-order valence-corrected chi connectivity index (χ4v) is 2.99. The van der Waals surface area contributed by atoms with Crippen molar-refractivity contribution < 1.29 is 14.3 Å². The van der Waals surface area contributed by atoms with E-state index in [1.165, 1.54) is 5.56 Å². The van der Waals surface area contributed by atoms with Crippen LogP contribution >= 0.6 is 0 Å². The molecule has 1 aliphatic carbocycles. The average molecular weight is 308 g/mol. The van der Waals surface area contributed by atoms with Gasteiger partial charge in [0.05, 0.1) is 14.2 Å². The summed E-state index contributed by atoms with van der Waals surface area (Å²) in [4.78, 5) is 12.8. The number of fused-ring (bicyclic) bond motifs is 1. The monoisotopic (exact) mass is 308 g/mol. The van der Waals surface area contributed by atoms with Crippen LogP contribution in [0.2, 0.25) is 0 Å². The number of benzene rings is 2. The van der Waals surface area contributed by atoms with Crippen LogP contribution in [0.4, 0.5) is 0 Å². The van der Waals surface area contributed by atoms with Crippen molar-refractivity contribution in [2.75, 3.05) is 14.2 Å². The molecule has 118 valence electrons. The van der Waals surface area contributed by atoms with E-state index >= 15 is 0 Å². The van der Waals surface area contributed by atoms with Crippen LogP contribution in [-0.2, 0) is 6.42 Å². The molecule has 0 fully saturated rings. The van der Waals surface area contributed by atoms with Gasteiger partial charge < -0.3 is 9.47 Å². The fourth-order valence-electron chi connectivity index (χ4n) is 2.99. The molecule has 0 aromatic heterocycles. The van der Waals surface area contributed by atoms with E-state index in [2.05, 4.69) is 19.1 Å². The molecule has 0 spiro atoms. The summed E-state index contributed by atoms with van der Waals surface area (Å²) in [7, 11) is 3.19. The molecule has 0 atom stereocenters. The van der Waals surface area contributed by atoms with Gasteiger partial charge in [0.25, 0.3) is 0 Å². The lowest BCUT2D eigenvalue weighted by Crippen LogP contribution is -2.14. The molecule has 3 rings (SSSR count). The van der Waals surface area contributed by atoms with Crippen LogP contribution in [0.25, 0.3) is 6.08 Å². The first kappa shape index (κ1) is 15.3. The first-order valence-corrected chi connectivity index (χ1v) is 7.69. The molecule has 0 heterocycles. The Balaban J connectivity index is 2.00. The normalized spacial score (nSPS) is 15.4. The summed E-state index contributed by atoms with van der Waals surface area (Å²) in [6.07, 6.45) is 3.57. The number of carbonyl (C=O) groups excluding carboxylic acids is 1. The summed E-state index contributed by atoms with van der Waals surface area (Å²) in [6, 6.07) is 11.9. The molecule has 0 saturated carbocycles. The molecular weight excluding hydrogens is 288 g/mol. The summed E-state index contributed by atoms with van der Waals surface area (Å²) in [5.41, 5.74) is 4.84. The lowest BCUT2D eigenvalue weighted by Gasteiger charge is -2.20. The highest BCUT2D eigenvalue weighted by Gasteiger charge is 2.24. The predicted octanol–water partition coefficient (Wildman–Crippen LogP) is 4.22. The standard InChI is InChI=1S/C20H20O3/c1-13-5-4-6-14(9-13)10-16-8-7-15-11-18(22-2)19(23-3)12-17(15)20(16)21/h4-6,9-12H,7-8H2,1-3H3/b16-10+. The third kappa shape index (κ3) is 3.00. The molecule has 0 unspecified atom stereocenters. The fraction of sp³-hybridized carbons (Fsp3) is 0.250. The molecule has 23 heavy (non-hydrogen) atoms. The van der Waals surface area contributed by atoms with Crippen LogP contribution < -0.4 is 9.47 Å². The molecule has 2 aromatic rings. The van der Waals surface area contributed by atoms with Crippen LogP contribution in [0.5, 0.6) is 11.5 Å². The van der Waals surface area contributed by atoms with E-state index in [0.717, 1.165) is 29.5 Å². The first-order valence-electron chi connectivity index (χ1n) is 7.69. The van der Waals surface area contributed by atoms with Gasteiger partial charge in [-0.05, 0) is 49.1 Å². The van der Waals surface area contributed by atoms with Crippen LogP contribution in [0.3, 0.4) is 0 Å². The van der Waals surface area contributed by atoms with Crippen molar-refractivity contribution in [3.63, 3.8) is 0 Å². The molecule has 0 saturated heterocycles. The number of methoxy groups -OCH3 is 2. The Labute approximate surface area is 136 Å². The number of aryl methyl sites for hydroxylation is 2. The van der Waals surface area contributed by atoms with Gasteiger partial charge in [0.15, 0.2) is 17.3 Å². The molecular formula is C20H20O3. The van der Waals surface area contributed by atoms with Crippen LogP contribution in [0.15, 0.2) is 42.0 Å². The Kier molecular flexibility index (Phi) is 4.20. The van der Waals surface area contributed by atoms with Gasteiger partial charge in [-0.3, -0.25) is 4.79 Å². The van der Waals surface area contributed by atoms with Gasteiger partial charge in [-0.25, -0.2) is 0 Å². The predicted molar refractivity (Wildman–Crippen MR) is 91.4 cm³/mol. The second-order valence-corrected chi connectivity index (χ2v) is 5.78. The Morgan fingerprint density at radius 1 is 1.00 bits per heavy atom. The van der Waals surface area contributed by atoms with Gasteiger partial charge >= 0.3 is 0 Å². The molecule has 2 aromatic carbocycles. The number of ether oxygens (including phenoxy) is 2. The molecule has 0 aliphatic heterocycles. The zero-order valence-corrected chi connectivity index (χ0v) is 13.7. The minimum absolute atomic E-state index is 0.0775. The molecule has 0 bridgehead atoms. The Hall–Kier alpha value is -2.55. The van der Waals surface area contributed by atoms with Crippen molar-refractivity contribution in [3.05, 3.63) is 64.2 Å². The van der Waals surface area contributed by atoms with Gasteiger partial charge in [-0.15, -0.1) is 0 Å². The number of rotatable bonds is 3. The summed E-state index contributed by atoms with van der Waals surface area (Å²) < 4.78 is 10.6. The number of ketones is 1. The van der Waals surface area contributed by atoms with Gasteiger partial charge in [0.2, 0.25) is 0 Å². The minimum Gasteiger partial charge on any atom is -0.493 e. The third-order valence-corrected chi connectivity index (χ3v) is 4.19. The Morgan fingerprint density at radius 3 is 2.43 bits per heavy atom. The van der Waals surface area contributed by atoms with Crippen molar-refractivity contribution in [3.8, 4) is 11.5 Å². The summed E-state index contributed by atoms with van der Waals surface area (Å²) >= 11 is 0. The molecule has 0 amide bonds. The number of hydrogen-bond donors (Lipinski definition) is 0. The highest BCUT2D eigenvalue weighted by Crippen LogP contribution is 2.35. The van der Waals surface area contributed by atoms with E-state index in [9.17, 15) is 4.79 Å².